The predicted molar refractivity (Wildman–Crippen MR) is 89.4 cm³/mol. The highest BCUT2D eigenvalue weighted by Crippen LogP contribution is 2.23. The third kappa shape index (κ3) is 4.14. The Kier molecular flexibility index (Phi) is 5.94. The van der Waals surface area contributed by atoms with Gasteiger partial charge in [-0.3, -0.25) is 9.67 Å². The fourth-order valence-corrected chi connectivity index (χ4v) is 3.36. The lowest BCUT2D eigenvalue weighted by molar-refractivity contribution is 0.503. The third-order valence-electron chi connectivity index (χ3n) is 3.67. The molecule has 2 aromatic heterocycles. The van der Waals surface area contributed by atoms with Gasteiger partial charge in [-0.25, -0.2) is 0 Å². The van der Waals surface area contributed by atoms with Crippen LogP contribution < -0.4 is 5.32 Å². The van der Waals surface area contributed by atoms with Gasteiger partial charge in [0.05, 0.1) is 15.9 Å². The van der Waals surface area contributed by atoms with E-state index >= 15 is 0 Å². The molecule has 0 aliphatic rings. The summed E-state index contributed by atoms with van der Waals surface area (Å²) in [4.78, 5) is 4.08. The summed E-state index contributed by atoms with van der Waals surface area (Å²) in [6.07, 6.45) is 6.61. The second-order valence-electron chi connectivity index (χ2n) is 5.20. The van der Waals surface area contributed by atoms with E-state index in [0.29, 0.717) is 6.04 Å². The van der Waals surface area contributed by atoms with Gasteiger partial charge in [0.1, 0.15) is 0 Å². The van der Waals surface area contributed by atoms with Gasteiger partial charge in [0, 0.05) is 31.9 Å². The summed E-state index contributed by atoms with van der Waals surface area (Å²) in [7, 11) is 2.02. The Balaban J connectivity index is 2.14. The zero-order chi connectivity index (χ0) is 15.2. The Labute approximate surface area is 135 Å². The largest absolute Gasteiger partial charge is 0.314 e. The van der Waals surface area contributed by atoms with Crippen LogP contribution in [0.1, 0.15) is 30.8 Å². The van der Waals surface area contributed by atoms with Crippen LogP contribution in [0.5, 0.6) is 0 Å². The van der Waals surface area contributed by atoms with Crippen LogP contribution in [0.15, 0.2) is 29.0 Å². The molecule has 1 atom stereocenters. The molecule has 0 aliphatic carbocycles. The molecule has 5 heteroatoms. The van der Waals surface area contributed by atoms with E-state index in [1.807, 2.05) is 24.1 Å². The lowest BCUT2D eigenvalue weighted by atomic mass is 10.0. The van der Waals surface area contributed by atoms with E-state index in [1.54, 1.807) is 0 Å². The maximum absolute atomic E-state index is 4.58. The number of hydrogen-bond donors (Lipinski definition) is 1. The number of hydrogen-bond acceptors (Lipinski definition) is 3. The van der Waals surface area contributed by atoms with Crippen LogP contribution in [0.4, 0.5) is 0 Å². The summed E-state index contributed by atoms with van der Waals surface area (Å²) in [5.41, 5.74) is 3.70. The van der Waals surface area contributed by atoms with Crippen molar-refractivity contribution in [1.82, 2.24) is 20.1 Å². The normalized spacial score (nSPS) is 12.6. The fourth-order valence-electron chi connectivity index (χ4n) is 2.58. The van der Waals surface area contributed by atoms with Gasteiger partial charge < -0.3 is 5.32 Å². The number of nitrogens with one attached hydrogen (secondary N) is 1. The third-order valence-corrected chi connectivity index (χ3v) is 4.58. The van der Waals surface area contributed by atoms with E-state index in [-0.39, 0.29) is 0 Å². The molecule has 1 unspecified atom stereocenters. The van der Waals surface area contributed by atoms with Crippen molar-refractivity contribution in [3.63, 3.8) is 0 Å². The molecule has 0 saturated carbocycles. The first-order valence-corrected chi connectivity index (χ1v) is 8.27. The first-order valence-electron chi connectivity index (χ1n) is 7.48. The molecule has 0 fully saturated rings. The minimum absolute atomic E-state index is 0.397. The highest BCUT2D eigenvalue weighted by Gasteiger charge is 2.17. The summed E-state index contributed by atoms with van der Waals surface area (Å²) in [5.74, 6) is 0. The number of rotatable bonds is 7. The van der Waals surface area contributed by atoms with Crippen molar-refractivity contribution in [3.05, 3.63) is 46.0 Å². The standard InChI is InChI=1S/C16H23BrN4/c1-4-14-16(17)15(21(3)20-14)11-13(19-5-2)10-12-6-8-18-9-7-12/h6-9,13,19H,4-5,10-11H2,1-3H3. The van der Waals surface area contributed by atoms with Crippen LogP contribution in [-0.2, 0) is 26.3 Å². The van der Waals surface area contributed by atoms with Gasteiger partial charge in [0.25, 0.3) is 0 Å². The molecule has 114 valence electrons. The van der Waals surface area contributed by atoms with Crippen molar-refractivity contribution in [2.24, 2.45) is 7.05 Å². The highest BCUT2D eigenvalue weighted by atomic mass is 79.9. The minimum atomic E-state index is 0.397. The number of aryl methyl sites for hydroxylation is 2. The maximum atomic E-state index is 4.58. The zero-order valence-corrected chi connectivity index (χ0v) is 14.5. The first-order chi connectivity index (χ1) is 10.2. The average molecular weight is 351 g/mol. The fraction of sp³-hybridized carbons (Fsp3) is 0.500. The SMILES string of the molecule is CCNC(Cc1ccncc1)Cc1c(Br)c(CC)nn1C. The van der Waals surface area contributed by atoms with Gasteiger partial charge in [0.15, 0.2) is 0 Å². The second-order valence-corrected chi connectivity index (χ2v) is 6.00. The quantitative estimate of drug-likeness (QED) is 0.834. The molecule has 2 heterocycles. The molecule has 1 N–H and O–H groups in total. The van der Waals surface area contributed by atoms with Crippen molar-refractivity contribution in [2.75, 3.05) is 6.54 Å². The van der Waals surface area contributed by atoms with Gasteiger partial charge in [-0.2, -0.15) is 5.10 Å². The number of halogens is 1. The van der Waals surface area contributed by atoms with Gasteiger partial charge in [-0.1, -0.05) is 13.8 Å². The van der Waals surface area contributed by atoms with Crippen LogP contribution in [0.25, 0.3) is 0 Å². The van der Waals surface area contributed by atoms with E-state index in [1.165, 1.54) is 11.3 Å². The summed E-state index contributed by atoms with van der Waals surface area (Å²) >= 11 is 3.71. The van der Waals surface area contributed by atoms with Gasteiger partial charge in [-0.05, 0) is 53.0 Å². The lowest BCUT2D eigenvalue weighted by Crippen LogP contribution is -2.33. The van der Waals surface area contributed by atoms with Crippen molar-refractivity contribution >= 4 is 15.9 Å². The monoisotopic (exact) mass is 350 g/mol. The number of nitrogens with zero attached hydrogens (tertiary/aromatic N) is 3. The Morgan fingerprint density at radius 3 is 2.52 bits per heavy atom. The number of pyridine rings is 1. The molecule has 2 rings (SSSR count). The molecule has 4 nitrogen and oxygen atoms in total. The van der Waals surface area contributed by atoms with Gasteiger partial charge in [-0.15, -0.1) is 0 Å². The van der Waals surface area contributed by atoms with Crippen LogP contribution in [0.2, 0.25) is 0 Å². The molecule has 0 radical (unpaired) electrons. The summed E-state index contributed by atoms with van der Waals surface area (Å²) in [6.45, 7) is 5.25. The van der Waals surface area contributed by atoms with Gasteiger partial charge in [0.2, 0.25) is 0 Å². The number of aromatic nitrogens is 3. The molecular weight excluding hydrogens is 328 g/mol. The molecule has 0 bridgehead atoms. The molecule has 21 heavy (non-hydrogen) atoms. The number of likely N-dealkylation sites (N-methyl/N-ethyl adjacent to an activating group) is 1. The smallest absolute Gasteiger partial charge is 0.0766 e. The average Bonchev–Trinajstić information content (AvgIpc) is 2.76. The van der Waals surface area contributed by atoms with Crippen molar-refractivity contribution in [3.8, 4) is 0 Å². The molecule has 0 spiro atoms. The van der Waals surface area contributed by atoms with Crippen molar-refractivity contribution < 1.29 is 0 Å². The Morgan fingerprint density at radius 2 is 1.95 bits per heavy atom. The predicted octanol–water partition coefficient (Wildman–Crippen LogP) is 2.90. The lowest BCUT2D eigenvalue weighted by Gasteiger charge is -2.18. The van der Waals surface area contributed by atoms with Gasteiger partial charge >= 0.3 is 0 Å². The van der Waals surface area contributed by atoms with Crippen molar-refractivity contribution in [1.29, 1.82) is 0 Å². The molecule has 0 saturated heterocycles. The summed E-state index contributed by atoms with van der Waals surface area (Å²) in [5, 5.41) is 8.16. The van der Waals surface area contributed by atoms with Crippen LogP contribution in [0, 0.1) is 0 Å². The minimum Gasteiger partial charge on any atom is -0.314 e. The van der Waals surface area contributed by atoms with Crippen LogP contribution >= 0.6 is 15.9 Å². The highest BCUT2D eigenvalue weighted by molar-refractivity contribution is 9.10. The molecule has 0 aliphatic heterocycles. The maximum Gasteiger partial charge on any atom is 0.0766 e. The zero-order valence-electron chi connectivity index (χ0n) is 12.9. The Bertz CT molecular complexity index is 565. The summed E-state index contributed by atoms with van der Waals surface area (Å²) < 4.78 is 3.16. The molecule has 0 amide bonds. The molecular formula is C16H23BrN4. The second kappa shape index (κ2) is 7.71. The topological polar surface area (TPSA) is 42.7 Å². The Hall–Kier alpha value is -1.20. The van der Waals surface area contributed by atoms with Crippen molar-refractivity contribution in [2.45, 2.75) is 39.2 Å². The Morgan fingerprint density at radius 1 is 1.24 bits per heavy atom. The molecule has 2 aromatic rings. The van der Waals surface area contributed by atoms with E-state index in [9.17, 15) is 0 Å². The van der Waals surface area contributed by atoms with Crippen LogP contribution in [-0.4, -0.2) is 27.4 Å². The van der Waals surface area contributed by atoms with E-state index in [4.69, 9.17) is 0 Å². The van der Waals surface area contributed by atoms with E-state index < -0.39 is 0 Å². The first kappa shape index (κ1) is 16.2. The summed E-state index contributed by atoms with van der Waals surface area (Å²) in [6, 6.07) is 4.56. The van der Waals surface area contributed by atoms with E-state index in [2.05, 4.69) is 57.3 Å². The van der Waals surface area contributed by atoms with E-state index in [0.717, 1.165) is 36.0 Å². The van der Waals surface area contributed by atoms with Crippen LogP contribution in [0.3, 0.4) is 0 Å². The molecule has 0 aromatic carbocycles.